The minimum Gasteiger partial charge on any atom is -0.378 e. The van der Waals surface area contributed by atoms with Gasteiger partial charge >= 0.3 is 0 Å². The number of ether oxygens (including phenoxy) is 1. The van der Waals surface area contributed by atoms with E-state index in [-0.39, 0.29) is 0 Å². The Kier molecular flexibility index (Phi) is 2.29. The van der Waals surface area contributed by atoms with Crippen LogP contribution in [0.2, 0.25) is 5.02 Å². The van der Waals surface area contributed by atoms with Crippen LogP contribution in [0.15, 0.2) is 18.5 Å². The molecule has 3 rings (SSSR count). The van der Waals surface area contributed by atoms with E-state index < -0.39 is 0 Å². The van der Waals surface area contributed by atoms with Crippen LogP contribution in [0.3, 0.4) is 0 Å². The Hall–Kier alpha value is -0.800. The van der Waals surface area contributed by atoms with Crippen molar-refractivity contribution in [2.75, 3.05) is 5.32 Å². The molecule has 0 aliphatic carbocycles. The van der Waals surface area contributed by atoms with E-state index in [2.05, 4.69) is 10.3 Å². The summed E-state index contributed by atoms with van der Waals surface area (Å²) in [7, 11) is 0. The lowest BCUT2D eigenvalue weighted by molar-refractivity contribution is 0.102. The van der Waals surface area contributed by atoms with Crippen LogP contribution in [0.5, 0.6) is 0 Å². The van der Waals surface area contributed by atoms with E-state index in [1.54, 1.807) is 12.4 Å². The molecule has 0 aromatic carbocycles. The highest BCUT2D eigenvalue weighted by Gasteiger charge is 2.40. The average molecular weight is 225 g/mol. The maximum absolute atomic E-state index is 5.88. The predicted molar refractivity (Wildman–Crippen MR) is 59.2 cm³/mol. The van der Waals surface area contributed by atoms with E-state index in [1.807, 2.05) is 6.07 Å². The number of nitrogens with zero attached hydrogens (tertiary/aromatic N) is 1. The van der Waals surface area contributed by atoms with Crippen LogP contribution in [-0.4, -0.2) is 23.2 Å². The van der Waals surface area contributed by atoms with Gasteiger partial charge in [-0.05, 0) is 25.3 Å². The van der Waals surface area contributed by atoms with Crippen molar-refractivity contribution in [2.45, 2.75) is 37.5 Å². The van der Waals surface area contributed by atoms with Crippen molar-refractivity contribution in [2.24, 2.45) is 0 Å². The van der Waals surface area contributed by atoms with Gasteiger partial charge in [-0.1, -0.05) is 11.6 Å². The number of anilines is 1. The molecule has 2 bridgehead atoms. The summed E-state index contributed by atoms with van der Waals surface area (Å²) in [4.78, 5) is 4.05. The zero-order valence-electron chi connectivity index (χ0n) is 8.32. The molecule has 4 heteroatoms. The maximum Gasteiger partial charge on any atom is 0.0781 e. The van der Waals surface area contributed by atoms with Crippen LogP contribution in [0.25, 0.3) is 0 Å². The highest BCUT2D eigenvalue weighted by Crippen LogP contribution is 2.35. The van der Waals surface area contributed by atoms with Crippen molar-refractivity contribution >= 4 is 17.3 Å². The van der Waals surface area contributed by atoms with Crippen LogP contribution >= 0.6 is 11.6 Å². The molecule has 2 aliphatic heterocycles. The zero-order chi connectivity index (χ0) is 10.3. The Labute approximate surface area is 93.8 Å². The van der Waals surface area contributed by atoms with Crippen molar-refractivity contribution < 1.29 is 4.74 Å². The van der Waals surface area contributed by atoms with E-state index in [4.69, 9.17) is 16.3 Å². The number of hydrogen-bond donors (Lipinski definition) is 1. The molecule has 3 heterocycles. The first-order chi connectivity index (χ1) is 7.31. The van der Waals surface area contributed by atoms with Gasteiger partial charge in [-0.25, -0.2) is 0 Å². The summed E-state index contributed by atoms with van der Waals surface area (Å²) in [5, 5.41) is 4.11. The van der Waals surface area contributed by atoms with Gasteiger partial charge in [-0.3, -0.25) is 4.98 Å². The molecule has 80 valence electrons. The van der Waals surface area contributed by atoms with Gasteiger partial charge in [0.25, 0.3) is 0 Å². The van der Waals surface area contributed by atoms with Crippen molar-refractivity contribution in [3.63, 3.8) is 0 Å². The van der Waals surface area contributed by atoms with Crippen LogP contribution < -0.4 is 5.32 Å². The summed E-state index contributed by atoms with van der Waals surface area (Å²) in [6.45, 7) is 0. The summed E-state index contributed by atoms with van der Waals surface area (Å²) in [5.41, 5.74) is 0.989. The molecule has 3 nitrogen and oxygen atoms in total. The first-order valence-corrected chi connectivity index (χ1v) is 5.71. The van der Waals surface area contributed by atoms with Gasteiger partial charge in [-0.15, -0.1) is 0 Å². The number of halogens is 1. The van der Waals surface area contributed by atoms with Crippen LogP contribution in [0.1, 0.15) is 19.3 Å². The molecule has 3 atom stereocenters. The molecule has 0 unspecified atom stereocenters. The van der Waals surface area contributed by atoms with E-state index >= 15 is 0 Å². The first kappa shape index (κ1) is 9.43. The number of hydrogen-bond acceptors (Lipinski definition) is 3. The summed E-state index contributed by atoms with van der Waals surface area (Å²) in [5.74, 6) is 0. The van der Waals surface area contributed by atoms with Crippen molar-refractivity contribution in [3.8, 4) is 0 Å². The highest BCUT2D eigenvalue weighted by molar-refractivity contribution is 6.30. The number of fused-ring (bicyclic) bond motifs is 2. The highest BCUT2D eigenvalue weighted by atomic mass is 35.5. The van der Waals surface area contributed by atoms with Crippen molar-refractivity contribution in [3.05, 3.63) is 23.5 Å². The molecular formula is C11H13ClN2O. The lowest BCUT2D eigenvalue weighted by atomic mass is 9.95. The molecule has 2 fully saturated rings. The minimum atomic E-state index is 0.383. The average Bonchev–Trinajstić information content (AvgIpc) is 2.79. The second-order valence-electron chi connectivity index (χ2n) is 4.25. The van der Waals surface area contributed by atoms with Gasteiger partial charge in [0.2, 0.25) is 0 Å². The smallest absolute Gasteiger partial charge is 0.0781 e. The summed E-state index contributed by atoms with van der Waals surface area (Å²) >= 11 is 5.88. The Morgan fingerprint density at radius 1 is 1.40 bits per heavy atom. The van der Waals surface area contributed by atoms with E-state index in [9.17, 15) is 0 Å². The van der Waals surface area contributed by atoms with Crippen LogP contribution in [-0.2, 0) is 4.74 Å². The standard InChI is InChI=1S/C11H13ClN2O/c12-7-3-8(6-13-5-7)14-10-4-9-1-2-11(10)15-9/h3,5-6,9-11,14H,1-2,4H2/t9-,10+,11-/m1/s1. The molecular weight excluding hydrogens is 212 g/mol. The lowest BCUT2D eigenvalue weighted by Gasteiger charge is -2.20. The quantitative estimate of drug-likeness (QED) is 0.838. The Bertz CT molecular complexity index is 371. The second-order valence-corrected chi connectivity index (χ2v) is 4.69. The van der Waals surface area contributed by atoms with Crippen LogP contribution in [0, 0.1) is 0 Å². The molecule has 1 aromatic heterocycles. The normalized spacial score (nSPS) is 33.3. The SMILES string of the molecule is Clc1cncc(N[C@H]2C[C@H]3CC[C@H]2O3)c1. The van der Waals surface area contributed by atoms with Gasteiger partial charge in [0.15, 0.2) is 0 Å². The van der Waals surface area contributed by atoms with E-state index in [1.165, 1.54) is 12.8 Å². The van der Waals surface area contributed by atoms with Gasteiger partial charge in [-0.2, -0.15) is 0 Å². The topological polar surface area (TPSA) is 34.2 Å². The third-order valence-electron chi connectivity index (χ3n) is 3.16. The second kappa shape index (κ2) is 3.65. The zero-order valence-corrected chi connectivity index (χ0v) is 9.07. The third-order valence-corrected chi connectivity index (χ3v) is 3.37. The first-order valence-electron chi connectivity index (χ1n) is 5.34. The van der Waals surface area contributed by atoms with Crippen molar-refractivity contribution in [1.29, 1.82) is 0 Å². The van der Waals surface area contributed by atoms with Gasteiger partial charge in [0, 0.05) is 6.20 Å². The number of rotatable bonds is 2. The fourth-order valence-electron chi connectivity index (χ4n) is 2.49. The Morgan fingerprint density at radius 2 is 2.33 bits per heavy atom. The van der Waals surface area contributed by atoms with Gasteiger partial charge in [0.1, 0.15) is 0 Å². The van der Waals surface area contributed by atoms with Crippen LogP contribution in [0.4, 0.5) is 5.69 Å². The van der Waals surface area contributed by atoms with Gasteiger partial charge in [0.05, 0.1) is 35.2 Å². The molecule has 0 saturated carbocycles. The number of pyridine rings is 1. The fourth-order valence-corrected chi connectivity index (χ4v) is 2.67. The molecule has 2 aliphatic rings. The van der Waals surface area contributed by atoms with Crippen molar-refractivity contribution in [1.82, 2.24) is 4.98 Å². The Balaban J connectivity index is 1.71. The number of nitrogens with one attached hydrogen (secondary N) is 1. The minimum absolute atomic E-state index is 0.383. The molecule has 1 N–H and O–H groups in total. The lowest BCUT2D eigenvalue weighted by Crippen LogP contribution is -2.30. The molecule has 1 aromatic rings. The maximum atomic E-state index is 5.88. The summed E-state index contributed by atoms with van der Waals surface area (Å²) in [6, 6.07) is 2.34. The summed E-state index contributed by atoms with van der Waals surface area (Å²) in [6.07, 6.45) is 7.81. The fraction of sp³-hybridized carbons (Fsp3) is 0.545. The molecule has 0 amide bonds. The molecule has 0 radical (unpaired) electrons. The molecule has 2 saturated heterocycles. The molecule has 0 spiro atoms. The monoisotopic (exact) mass is 224 g/mol. The molecule has 15 heavy (non-hydrogen) atoms. The predicted octanol–water partition coefficient (Wildman–Crippen LogP) is 2.47. The van der Waals surface area contributed by atoms with E-state index in [0.717, 1.165) is 12.1 Å². The van der Waals surface area contributed by atoms with Gasteiger partial charge < -0.3 is 10.1 Å². The number of aromatic nitrogens is 1. The third kappa shape index (κ3) is 1.82. The largest absolute Gasteiger partial charge is 0.378 e. The summed E-state index contributed by atoms with van der Waals surface area (Å²) < 4.78 is 5.77. The van der Waals surface area contributed by atoms with E-state index in [0.29, 0.717) is 23.3 Å². The Morgan fingerprint density at radius 3 is 3.00 bits per heavy atom.